The third kappa shape index (κ3) is 3.53. The number of benzene rings is 1. The zero-order valence-corrected chi connectivity index (χ0v) is 10.4. The maximum atomic E-state index is 12.6. The molecule has 0 aliphatic heterocycles. The second-order valence-corrected chi connectivity index (χ2v) is 4.15. The van der Waals surface area contributed by atoms with Crippen LogP contribution in [0.1, 0.15) is 24.7 Å². The molecule has 1 aromatic heterocycles. The van der Waals surface area contributed by atoms with E-state index in [1.165, 1.54) is 0 Å². The van der Waals surface area contributed by atoms with Gasteiger partial charge in [-0.2, -0.15) is 13.2 Å². The summed E-state index contributed by atoms with van der Waals surface area (Å²) in [5, 5.41) is 0. The van der Waals surface area contributed by atoms with Gasteiger partial charge in [0, 0.05) is 0 Å². The zero-order valence-electron chi connectivity index (χ0n) is 10.4. The van der Waals surface area contributed by atoms with E-state index < -0.39 is 12.6 Å². The van der Waals surface area contributed by atoms with Crippen LogP contribution in [0.15, 0.2) is 30.3 Å². The Bertz CT molecular complexity index is 603. The fourth-order valence-corrected chi connectivity index (χ4v) is 1.73. The van der Waals surface area contributed by atoms with Gasteiger partial charge >= 0.3 is 6.18 Å². The molecule has 1 heterocycles. The Balaban J connectivity index is 2.53. The van der Waals surface area contributed by atoms with E-state index in [1.807, 2.05) is 6.92 Å². The molecular formula is C14H13F3N2. The number of hydrogen-bond donors (Lipinski definition) is 0. The Morgan fingerprint density at radius 1 is 1.11 bits per heavy atom. The van der Waals surface area contributed by atoms with E-state index in [0.29, 0.717) is 11.0 Å². The van der Waals surface area contributed by atoms with Crippen molar-refractivity contribution in [3.05, 3.63) is 41.7 Å². The maximum Gasteiger partial charge on any atom is 0.394 e. The number of para-hydroxylation sites is 2. The zero-order chi connectivity index (χ0) is 13.9. The summed E-state index contributed by atoms with van der Waals surface area (Å²) in [5.41, 5.74) is 1.34. The Morgan fingerprint density at radius 2 is 1.74 bits per heavy atom. The molecule has 0 bridgehead atoms. The summed E-state index contributed by atoms with van der Waals surface area (Å²) in [7, 11) is 0. The summed E-state index contributed by atoms with van der Waals surface area (Å²) in [6.45, 7) is 1.91. The first-order valence-electron chi connectivity index (χ1n) is 5.98. The summed E-state index contributed by atoms with van der Waals surface area (Å²) in [6.07, 6.45) is -1.24. The van der Waals surface area contributed by atoms with Crippen LogP contribution in [0.3, 0.4) is 0 Å². The molecule has 0 radical (unpaired) electrons. The molecule has 19 heavy (non-hydrogen) atoms. The van der Waals surface area contributed by atoms with Crippen molar-refractivity contribution in [1.29, 1.82) is 0 Å². The minimum atomic E-state index is -4.29. The van der Waals surface area contributed by atoms with Gasteiger partial charge in [0.2, 0.25) is 0 Å². The summed E-state index contributed by atoms with van der Waals surface area (Å²) in [4.78, 5) is 8.33. The van der Waals surface area contributed by atoms with Gasteiger partial charge in [-0.1, -0.05) is 25.1 Å². The number of fused-ring (bicyclic) bond motifs is 1. The van der Waals surface area contributed by atoms with Gasteiger partial charge in [-0.3, -0.25) is 0 Å². The van der Waals surface area contributed by atoms with Crippen LogP contribution < -0.4 is 0 Å². The lowest BCUT2D eigenvalue weighted by molar-refractivity contribution is -0.127. The molecule has 0 amide bonds. The molecule has 0 N–H and O–H groups in total. The Morgan fingerprint density at radius 3 is 2.32 bits per heavy atom. The largest absolute Gasteiger partial charge is 0.394 e. The van der Waals surface area contributed by atoms with Crippen LogP contribution in [0.4, 0.5) is 13.2 Å². The topological polar surface area (TPSA) is 25.8 Å². The van der Waals surface area contributed by atoms with Crippen LogP contribution in [0.25, 0.3) is 17.1 Å². The van der Waals surface area contributed by atoms with Crippen molar-refractivity contribution in [3.63, 3.8) is 0 Å². The molecule has 0 unspecified atom stereocenters. The van der Waals surface area contributed by atoms with Gasteiger partial charge in [0.15, 0.2) is 0 Å². The van der Waals surface area contributed by atoms with Crippen molar-refractivity contribution in [3.8, 4) is 0 Å². The fourth-order valence-electron chi connectivity index (χ4n) is 1.73. The summed E-state index contributed by atoms with van der Waals surface area (Å²) < 4.78 is 37.7. The highest BCUT2D eigenvalue weighted by Gasteiger charge is 2.30. The van der Waals surface area contributed by atoms with E-state index in [0.717, 1.165) is 6.42 Å². The first-order chi connectivity index (χ1) is 8.99. The first-order valence-corrected chi connectivity index (χ1v) is 5.98. The minimum absolute atomic E-state index is 0.0316. The smallest absolute Gasteiger partial charge is 0.249 e. The predicted octanol–water partition coefficient (Wildman–Crippen LogP) is 4.16. The molecule has 100 valence electrons. The van der Waals surface area contributed by atoms with Gasteiger partial charge in [0.25, 0.3) is 0 Å². The second-order valence-electron chi connectivity index (χ2n) is 4.15. The van der Waals surface area contributed by atoms with E-state index >= 15 is 0 Å². The Hall–Kier alpha value is -1.91. The highest BCUT2D eigenvalue weighted by atomic mass is 19.4. The third-order valence-corrected chi connectivity index (χ3v) is 2.55. The molecule has 2 rings (SSSR count). The maximum absolute atomic E-state index is 12.6. The second kappa shape index (κ2) is 5.38. The van der Waals surface area contributed by atoms with E-state index in [1.54, 1.807) is 36.4 Å². The monoisotopic (exact) mass is 266 g/mol. The number of nitrogens with zero attached hydrogens (tertiary/aromatic N) is 2. The molecule has 0 fully saturated rings. The van der Waals surface area contributed by atoms with Crippen LogP contribution in [0.2, 0.25) is 0 Å². The van der Waals surface area contributed by atoms with Crippen molar-refractivity contribution < 1.29 is 13.2 Å². The van der Waals surface area contributed by atoms with Crippen molar-refractivity contribution in [2.75, 3.05) is 0 Å². The molecule has 0 saturated carbocycles. The van der Waals surface area contributed by atoms with E-state index in [9.17, 15) is 13.2 Å². The highest BCUT2D eigenvalue weighted by molar-refractivity contribution is 5.75. The van der Waals surface area contributed by atoms with Crippen molar-refractivity contribution in [1.82, 2.24) is 9.97 Å². The van der Waals surface area contributed by atoms with Crippen LogP contribution in [0.5, 0.6) is 0 Å². The standard InChI is InChI=1S/C14H13F3N2/c1-2-3-6-12-13(9-14(15,16)17)19-11-8-5-4-7-10(11)18-12/h3-8H,2,9H2,1H3/b6-3+. The molecule has 0 aliphatic rings. The summed E-state index contributed by atoms with van der Waals surface area (Å²) in [5.74, 6) is 0. The number of aromatic nitrogens is 2. The van der Waals surface area contributed by atoms with Gasteiger partial charge in [0.1, 0.15) is 0 Å². The van der Waals surface area contributed by atoms with Gasteiger partial charge in [-0.25, -0.2) is 9.97 Å². The lowest BCUT2D eigenvalue weighted by atomic mass is 10.2. The number of allylic oxidation sites excluding steroid dienone is 1. The van der Waals surface area contributed by atoms with E-state index in [4.69, 9.17) is 0 Å². The molecule has 2 nitrogen and oxygen atoms in total. The van der Waals surface area contributed by atoms with Gasteiger partial charge in [-0.05, 0) is 24.6 Å². The van der Waals surface area contributed by atoms with E-state index in [2.05, 4.69) is 9.97 Å². The first kappa shape index (κ1) is 13.5. The van der Waals surface area contributed by atoms with Crippen LogP contribution in [-0.2, 0) is 6.42 Å². The lowest BCUT2D eigenvalue weighted by Crippen LogP contribution is -2.14. The predicted molar refractivity (Wildman–Crippen MR) is 68.6 cm³/mol. The van der Waals surface area contributed by atoms with Crippen molar-refractivity contribution in [2.45, 2.75) is 25.9 Å². The Labute approximate surface area is 109 Å². The molecule has 0 spiro atoms. The molecule has 0 atom stereocenters. The summed E-state index contributed by atoms with van der Waals surface area (Å²) in [6, 6.07) is 6.92. The van der Waals surface area contributed by atoms with Crippen LogP contribution in [0, 0.1) is 0 Å². The molecule has 0 aliphatic carbocycles. The molecule has 0 saturated heterocycles. The molecular weight excluding hydrogens is 253 g/mol. The number of halogens is 3. The number of hydrogen-bond acceptors (Lipinski definition) is 2. The van der Waals surface area contributed by atoms with Crippen molar-refractivity contribution in [2.24, 2.45) is 0 Å². The van der Waals surface area contributed by atoms with Gasteiger partial charge in [-0.15, -0.1) is 0 Å². The summed E-state index contributed by atoms with van der Waals surface area (Å²) >= 11 is 0. The average molecular weight is 266 g/mol. The average Bonchev–Trinajstić information content (AvgIpc) is 2.34. The molecule has 5 heteroatoms. The van der Waals surface area contributed by atoms with Crippen LogP contribution >= 0.6 is 0 Å². The number of alkyl halides is 3. The lowest BCUT2D eigenvalue weighted by Gasteiger charge is -2.09. The van der Waals surface area contributed by atoms with Crippen molar-refractivity contribution >= 4 is 17.1 Å². The normalized spacial score (nSPS) is 12.4. The van der Waals surface area contributed by atoms with E-state index in [-0.39, 0.29) is 11.4 Å². The molecule has 2 aromatic rings. The quantitative estimate of drug-likeness (QED) is 0.833. The van der Waals surface area contributed by atoms with Gasteiger partial charge in [0.05, 0.1) is 28.8 Å². The third-order valence-electron chi connectivity index (χ3n) is 2.55. The Kier molecular flexibility index (Phi) is 3.83. The minimum Gasteiger partial charge on any atom is -0.249 e. The van der Waals surface area contributed by atoms with Crippen LogP contribution in [-0.4, -0.2) is 16.1 Å². The SMILES string of the molecule is CC/C=C/c1nc2ccccc2nc1CC(F)(F)F. The fraction of sp³-hybridized carbons (Fsp3) is 0.286. The molecule has 1 aromatic carbocycles. The van der Waals surface area contributed by atoms with Gasteiger partial charge < -0.3 is 0 Å². The highest BCUT2D eigenvalue weighted by Crippen LogP contribution is 2.24. The number of rotatable bonds is 3.